The SMILES string of the molecule is CCOc1ccc(C(=O)NC(=S)Nc2c(Br)cc(Br)cc2C(=O)O)cc1Br. The highest BCUT2D eigenvalue weighted by atomic mass is 79.9. The zero-order chi connectivity index (χ0) is 20.1. The second-order valence-corrected chi connectivity index (χ2v) is 8.13. The summed E-state index contributed by atoms with van der Waals surface area (Å²) in [6, 6.07) is 7.99. The first kappa shape index (κ1) is 21.8. The van der Waals surface area contributed by atoms with Crippen molar-refractivity contribution < 1.29 is 19.4 Å². The molecule has 0 saturated carbocycles. The van der Waals surface area contributed by atoms with Crippen molar-refractivity contribution in [2.24, 2.45) is 0 Å². The predicted molar refractivity (Wildman–Crippen MR) is 118 cm³/mol. The van der Waals surface area contributed by atoms with Crippen molar-refractivity contribution in [3.05, 3.63) is 54.9 Å². The first-order chi connectivity index (χ1) is 12.7. The van der Waals surface area contributed by atoms with Gasteiger partial charge in [0.05, 0.1) is 22.3 Å². The average molecular weight is 581 g/mol. The number of ether oxygens (including phenoxy) is 1. The minimum Gasteiger partial charge on any atom is -0.493 e. The third-order valence-electron chi connectivity index (χ3n) is 3.24. The van der Waals surface area contributed by atoms with Crippen LogP contribution in [0.15, 0.2) is 43.7 Å². The zero-order valence-corrected chi connectivity index (χ0v) is 19.4. The van der Waals surface area contributed by atoms with Crippen LogP contribution in [0.5, 0.6) is 5.75 Å². The van der Waals surface area contributed by atoms with Gasteiger partial charge < -0.3 is 15.2 Å². The summed E-state index contributed by atoms with van der Waals surface area (Å²) in [6.07, 6.45) is 0. The van der Waals surface area contributed by atoms with Crippen LogP contribution < -0.4 is 15.4 Å². The Kier molecular flexibility index (Phi) is 7.78. The van der Waals surface area contributed by atoms with Crippen LogP contribution >= 0.6 is 60.0 Å². The molecule has 0 atom stereocenters. The summed E-state index contributed by atoms with van der Waals surface area (Å²) in [4.78, 5) is 23.8. The van der Waals surface area contributed by atoms with Gasteiger partial charge in [-0.2, -0.15) is 0 Å². The van der Waals surface area contributed by atoms with Gasteiger partial charge in [-0.3, -0.25) is 10.1 Å². The number of carbonyl (C=O) groups is 2. The van der Waals surface area contributed by atoms with E-state index in [4.69, 9.17) is 17.0 Å². The maximum atomic E-state index is 12.4. The van der Waals surface area contributed by atoms with E-state index in [1.165, 1.54) is 6.07 Å². The third-order valence-corrected chi connectivity index (χ3v) is 5.15. The van der Waals surface area contributed by atoms with Crippen molar-refractivity contribution in [3.8, 4) is 5.75 Å². The van der Waals surface area contributed by atoms with Crippen molar-refractivity contribution in [2.75, 3.05) is 11.9 Å². The average Bonchev–Trinajstić information content (AvgIpc) is 2.58. The molecule has 142 valence electrons. The van der Waals surface area contributed by atoms with Crippen LogP contribution in [0.2, 0.25) is 0 Å². The molecular formula is C17H13Br3N2O4S. The van der Waals surface area contributed by atoms with Gasteiger partial charge in [-0.15, -0.1) is 0 Å². The Labute approximate surface area is 186 Å². The highest BCUT2D eigenvalue weighted by Gasteiger charge is 2.17. The molecule has 27 heavy (non-hydrogen) atoms. The molecule has 2 aromatic carbocycles. The van der Waals surface area contributed by atoms with Gasteiger partial charge in [0.1, 0.15) is 5.75 Å². The molecule has 10 heteroatoms. The van der Waals surface area contributed by atoms with Crippen LogP contribution in [0.25, 0.3) is 0 Å². The van der Waals surface area contributed by atoms with Crippen LogP contribution in [0, 0.1) is 0 Å². The lowest BCUT2D eigenvalue weighted by Gasteiger charge is -2.14. The number of hydrogen-bond donors (Lipinski definition) is 3. The molecular weight excluding hydrogens is 568 g/mol. The lowest BCUT2D eigenvalue weighted by molar-refractivity contribution is 0.0697. The topological polar surface area (TPSA) is 87.7 Å². The molecule has 3 N–H and O–H groups in total. The van der Waals surface area contributed by atoms with Crippen molar-refractivity contribution in [2.45, 2.75) is 6.92 Å². The number of aromatic carboxylic acids is 1. The van der Waals surface area contributed by atoms with Crippen LogP contribution in [0.1, 0.15) is 27.6 Å². The number of carboxylic acid groups (broad SMARTS) is 1. The molecule has 0 fully saturated rings. The molecule has 0 radical (unpaired) electrons. The summed E-state index contributed by atoms with van der Waals surface area (Å²) in [7, 11) is 0. The smallest absolute Gasteiger partial charge is 0.337 e. The van der Waals surface area contributed by atoms with Gasteiger partial charge in [-0.05, 0) is 81.3 Å². The minimum absolute atomic E-state index is 0.00309. The van der Waals surface area contributed by atoms with Gasteiger partial charge >= 0.3 is 5.97 Å². The van der Waals surface area contributed by atoms with Gasteiger partial charge in [0, 0.05) is 14.5 Å². The third kappa shape index (κ3) is 5.74. The summed E-state index contributed by atoms with van der Waals surface area (Å²) in [6.45, 7) is 2.37. The number of amides is 1. The van der Waals surface area contributed by atoms with E-state index in [-0.39, 0.29) is 16.4 Å². The van der Waals surface area contributed by atoms with Crippen LogP contribution in [0.3, 0.4) is 0 Å². The van der Waals surface area contributed by atoms with E-state index in [2.05, 4.69) is 58.4 Å². The zero-order valence-electron chi connectivity index (χ0n) is 13.8. The number of rotatable bonds is 5. The normalized spacial score (nSPS) is 10.2. The van der Waals surface area contributed by atoms with Crippen molar-refractivity contribution in [1.82, 2.24) is 5.32 Å². The minimum atomic E-state index is -1.14. The number of carboxylic acids is 1. The van der Waals surface area contributed by atoms with Crippen LogP contribution in [-0.4, -0.2) is 28.7 Å². The molecule has 0 aliphatic carbocycles. The van der Waals surface area contributed by atoms with E-state index in [1.807, 2.05) is 6.92 Å². The maximum absolute atomic E-state index is 12.4. The summed E-state index contributed by atoms with van der Waals surface area (Å²) < 4.78 is 7.12. The molecule has 0 aliphatic heterocycles. The standard InChI is InChI=1S/C17H13Br3N2O4S/c1-2-26-13-4-3-8(5-11(13)19)15(23)22-17(27)21-14-10(16(24)25)6-9(18)7-12(14)20/h3-7H,2H2,1H3,(H,24,25)(H2,21,22,23,27). The first-order valence-electron chi connectivity index (χ1n) is 7.50. The van der Waals surface area contributed by atoms with Crippen LogP contribution in [0.4, 0.5) is 5.69 Å². The number of benzene rings is 2. The van der Waals surface area contributed by atoms with Crippen molar-refractivity contribution >= 4 is 82.7 Å². The number of carbonyl (C=O) groups excluding carboxylic acids is 1. The van der Waals surface area contributed by atoms with E-state index >= 15 is 0 Å². The molecule has 0 unspecified atom stereocenters. The molecule has 0 aliphatic rings. The van der Waals surface area contributed by atoms with E-state index in [0.29, 0.717) is 31.3 Å². The lowest BCUT2D eigenvalue weighted by Crippen LogP contribution is -2.34. The molecule has 2 aromatic rings. The Balaban J connectivity index is 2.16. The fourth-order valence-corrected chi connectivity index (χ4v) is 4.12. The quantitative estimate of drug-likeness (QED) is 0.422. The van der Waals surface area contributed by atoms with Gasteiger partial charge in [0.15, 0.2) is 5.11 Å². The van der Waals surface area contributed by atoms with E-state index < -0.39 is 11.9 Å². The number of halogens is 3. The first-order valence-corrected chi connectivity index (χ1v) is 10.3. The monoisotopic (exact) mass is 578 g/mol. The Morgan fingerprint density at radius 1 is 1.15 bits per heavy atom. The number of anilines is 1. The summed E-state index contributed by atoms with van der Waals surface area (Å²) in [5.74, 6) is -0.954. The van der Waals surface area contributed by atoms with E-state index in [1.54, 1.807) is 24.3 Å². The molecule has 0 bridgehead atoms. The second kappa shape index (κ2) is 9.63. The largest absolute Gasteiger partial charge is 0.493 e. The molecule has 0 heterocycles. The van der Waals surface area contributed by atoms with Gasteiger partial charge in [0.25, 0.3) is 5.91 Å². The highest BCUT2D eigenvalue weighted by molar-refractivity contribution is 9.11. The number of thiocarbonyl (C=S) groups is 1. The van der Waals surface area contributed by atoms with Crippen LogP contribution in [-0.2, 0) is 0 Å². The van der Waals surface area contributed by atoms with E-state index in [9.17, 15) is 14.7 Å². The highest BCUT2D eigenvalue weighted by Crippen LogP contribution is 2.31. The number of hydrogen-bond acceptors (Lipinski definition) is 4. The Hall–Kier alpha value is -1.49. The van der Waals surface area contributed by atoms with Gasteiger partial charge in [-0.25, -0.2) is 4.79 Å². The predicted octanol–water partition coefficient (Wildman–Crippen LogP) is 5.20. The molecule has 6 nitrogen and oxygen atoms in total. The molecule has 1 amide bonds. The maximum Gasteiger partial charge on any atom is 0.337 e. The fraction of sp³-hybridized carbons (Fsp3) is 0.118. The summed E-state index contributed by atoms with van der Waals surface area (Å²) in [5, 5.41) is 14.6. The van der Waals surface area contributed by atoms with Crippen molar-refractivity contribution in [1.29, 1.82) is 0 Å². The fourth-order valence-electron chi connectivity index (χ4n) is 2.10. The molecule has 0 spiro atoms. The van der Waals surface area contributed by atoms with Gasteiger partial charge in [0.2, 0.25) is 0 Å². The Morgan fingerprint density at radius 3 is 2.44 bits per heavy atom. The van der Waals surface area contributed by atoms with Gasteiger partial charge in [-0.1, -0.05) is 15.9 Å². The number of nitrogens with one attached hydrogen (secondary N) is 2. The summed E-state index contributed by atoms with van der Waals surface area (Å²) >= 11 is 15.0. The molecule has 0 aromatic heterocycles. The lowest BCUT2D eigenvalue weighted by atomic mass is 10.2. The Bertz CT molecular complexity index is 921. The Morgan fingerprint density at radius 2 is 1.85 bits per heavy atom. The molecule has 2 rings (SSSR count). The molecule has 0 saturated heterocycles. The van der Waals surface area contributed by atoms with Crippen molar-refractivity contribution in [3.63, 3.8) is 0 Å². The van der Waals surface area contributed by atoms with E-state index in [0.717, 1.165) is 0 Å². The summed E-state index contributed by atoms with van der Waals surface area (Å²) in [5.41, 5.74) is 0.600. The second-order valence-electron chi connectivity index (χ2n) is 5.10.